The summed E-state index contributed by atoms with van der Waals surface area (Å²) >= 11 is 0. The number of furan rings is 1. The van der Waals surface area contributed by atoms with E-state index in [0.717, 1.165) is 12.1 Å². The Hall–Kier alpha value is -2.77. The molecule has 0 spiro atoms. The highest BCUT2D eigenvalue weighted by molar-refractivity contribution is 5.97. The van der Waals surface area contributed by atoms with Gasteiger partial charge in [0, 0.05) is 5.56 Å². The van der Waals surface area contributed by atoms with Crippen molar-refractivity contribution in [1.82, 2.24) is 5.32 Å². The van der Waals surface area contributed by atoms with Gasteiger partial charge in [0.2, 0.25) is 0 Å². The zero-order valence-corrected chi connectivity index (χ0v) is 13.5. The molecule has 134 valence electrons. The number of rotatable bonds is 5. The zero-order valence-electron chi connectivity index (χ0n) is 13.5. The molecule has 25 heavy (non-hydrogen) atoms. The number of alkyl halides is 3. The van der Waals surface area contributed by atoms with Gasteiger partial charge in [-0.3, -0.25) is 9.59 Å². The first-order valence-corrected chi connectivity index (χ1v) is 7.36. The van der Waals surface area contributed by atoms with Crippen LogP contribution >= 0.6 is 0 Å². The first kappa shape index (κ1) is 18.6. The first-order valence-electron chi connectivity index (χ1n) is 7.36. The third kappa shape index (κ3) is 4.40. The molecule has 1 heterocycles. The van der Waals surface area contributed by atoms with Gasteiger partial charge >= 0.3 is 12.1 Å². The Balaban J connectivity index is 2.21. The van der Waals surface area contributed by atoms with Gasteiger partial charge in [0.25, 0.3) is 5.91 Å². The maximum atomic E-state index is 12.8. The molecule has 0 bridgehead atoms. The average molecular weight is 355 g/mol. The van der Waals surface area contributed by atoms with Crippen molar-refractivity contribution in [2.24, 2.45) is 0 Å². The summed E-state index contributed by atoms with van der Waals surface area (Å²) in [5.74, 6) is -1.76. The van der Waals surface area contributed by atoms with Crippen LogP contribution in [-0.2, 0) is 17.4 Å². The van der Waals surface area contributed by atoms with Crippen LogP contribution in [0.4, 0.5) is 13.2 Å². The van der Waals surface area contributed by atoms with E-state index >= 15 is 0 Å². The van der Waals surface area contributed by atoms with E-state index in [1.807, 2.05) is 0 Å². The van der Waals surface area contributed by atoms with Crippen LogP contribution in [0.1, 0.15) is 45.8 Å². The minimum absolute atomic E-state index is 0.00116. The number of carbonyl (C=O) groups is 2. The predicted molar refractivity (Wildman–Crippen MR) is 82.1 cm³/mol. The van der Waals surface area contributed by atoms with E-state index in [-0.39, 0.29) is 16.9 Å². The Labute approximate surface area is 141 Å². The maximum Gasteiger partial charge on any atom is 0.416 e. The molecular weight excluding hydrogens is 339 g/mol. The number of nitrogens with one attached hydrogen (secondary N) is 1. The Morgan fingerprint density at radius 1 is 1.32 bits per heavy atom. The SMILES string of the molecule is Cc1coc(CC(=O)O)c1C(=O)NC(C)c1cccc(C(F)(F)F)c1. The van der Waals surface area contributed by atoms with Crippen molar-refractivity contribution in [3.63, 3.8) is 0 Å². The van der Waals surface area contributed by atoms with Crippen molar-refractivity contribution < 1.29 is 32.3 Å². The van der Waals surface area contributed by atoms with Crippen LogP contribution in [0.15, 0.2) is 34.9 Å². The quantitative estimate of drug-likeness (QED) is 0.857. The number of hydrogen-bond donors (Lipinski definition) is 2. The summed E-state index contributed by atoms with van der Waals surface area (Å²) in [5.41, 5.74) is 0.00693. The normalized spacial score (nSPS) is 12.7. The zero-order chi connectivity index (χ0) is 18.8. The highest BCUT2D eigenvalue weighted by Crippen LogP contribution is 2.30. The van der Waals surface area contributed by atoms with Gasteiger partial charge < -0.3 is 14.8 Å². The summed E-state index contributed by atoms with van der Waals surface area (Å²) in [5, 5.41) is 11.4. The van der Waals surface area contributed by atoms with Crippen LogP contribution in [0.2, 0.25) is 0 Å². The lowest BCUT2D eigenvalue weighted by Crippen LogP contribution is -2.28. The van der Waals surface area contributed by atoms with Crippen LogP contribution in [0.3, 0.4) is 0 Å². The molecule has 0 aliphatic rings. The first-order chi connectivity index (χ1) is 11.6. The molecule has 1 aromatic heterocycles. The Morgan fingerprint density at radius 2 is 2.00 bits per heavy atom. The number of amides is 1. The fraction of sp³-hybridized carbons (Fsp3) is 0.294. The van der Waals surface area contributed by atoms with Crippen molar-refractivity contribution in [1.29, 1.82) is 0 Å². The molecular formula is C17H16F3NO4. The molecule has 1 amide bonds. The highest BCUT2D eigenvalue weighted by Gasteiger charge is 2.31. The third-order valence-electron chi connectivity index (χ3n) is 3.65. The van der Waals surface area contributed by atoms with Gasteiger partial charge in [0.1, 0.15) is 12.2 Å². The number of halogens is 3. The van der Waals surface area contributed by atoms with Crippen LogP contribution in [-0.4, -0.2) is 17.0 Å². The Morgan fingerprint density at radius 3 is 2.60 bits per heavy atom. The molecule has 8 heteroatoms. The van der Waals surface area contributed by atoms with Crippen molar-refractivity contribution in [3.05, 3.63) is 58.5 Å². The lowest BCUT2D eigenvalue weighted by Gasteiger charge is -2.16. The minimum Gasteiger partial charge on any atom is -0.481 e. The molecule has 2 N–H and O–H groups in total. The van der Waals surface area contributed by atoms with Crippen molar-refractivity contribution in [2.75, 3.05) is 0 Å². The second kappa shape index (κ2) is 7.00. The van der Waals surface area contributed by atoms with Gasteiger partial charge in [-0.05, 0) is 31.5 Å². The summed E-state index contributed by atoms with van der Waals surface area (Å²) in [6.45, 7) is 3.12. The largest absolute Gasteiger partial charge is 0.481 e. The average Bonchev–Trinajstić information content (AvgIpc) is 2.86. The monoisotopic (exact) mass is 355 g/mol. The summed E-state index contributed by atoms with van der Waals surface area (Å²) in [6.07, 6.45) is -3.67. The van der Waals surface area contributed by atoms with E-state index in [1.165, 1.54) is 18.4 Å². The standard InChI is InChI=1S/C17H16F3NO4/c1-9-8-25-13(7-14(22)23)15(9)16(24)21-10(2)11-4-3-5-12(6-11)17(18,19)20/h3-6,8,10H,7H2,1-2H3,(H,21,24)(H,22,23). The smallest absolute Gasteiger partial charge is 0.416 e. The van der Waals surface area contributed by atoms with Gasteiger partial charge in [0.15, 0.2) is 0 Å². The molecule has 1 atom stereocenters. The minimum atomic E-state index is -4.48. The highest BCUT2D eigenvalue weighted by atomic mass is 19.4. The Bertz CT molecular complexity index is 795. The lowest BCUT2D eigenvalue weighted by molar-refractivity contribution is -0.138. The molecule has 0 saturated carbocycles. The van der Waals surface area contributed by atoms with Gasteiger partial charge in [-0.2, -0.15) is 13.2 Å². The fourth-order valence-electron chi connectivity index (χ4n) is 2.41. The molecule has 0 radical (unpaired) electrons. The van der Waals surface area contributed by atoms with Gasteiger partial charge in [-0.15, -0.1) is 0 Å². The van der Waals surface area contributed by atoms with Gasteiger partial charge in [-0.1, -0.05) is 12.1 Å². The number of hydrogen-bond acceptors (Lipinski definition) is 3. The van der Waals surface area contributed by atoms with Crippen molar-refractivity contribution in [2.45, 2.75) is 32.5 Å². The summed E-state index contributed by atoms with van der Waals surface area (Å²) in [6, 6.07) is 3.94. The lowest BCUT2D eigenvalue weighted by atomic mass is 10.0. The molecule has 2 rings (SSSR count). The fourth-order valence-corrected chi connectivity index (χ4v) is 2.41. The van der Waals surface area contributed by atoms with E-state index in [9.17, 15) is 22.8 Å². The summed E-state index contributed by atoms with van der Waals surface area (Å²) in [7, 11) is 0. The molecule has 1 aromatic carbocycles. The third-order valence-corrected chi connectivity index (χ3v) is 3.65. The van der Waals surface area contributed by atoms with Crippen LogP contribution < -0.4 is 5.32 Å². The van der Waals surface area contributed by atoms with Crippen LogP contribution in [0, 0.1) is 6.92 Å². The second-order valence-corrected chi connectivity index (χ2v) is 5.61. The molecule has 0 saturated heterocycles. The maximum absolute atomic E-state index is 12.8. The molecule has 0 aliphatic carbocycles. The van der Waals surface area contributed by atoms with E-state index < -0.39 is 36.1 Å². The van der Waals surface area contributed by atoms with Crippen molar-refractivity contribution in [3.8, 4) is 0 Å². The number of carbonyl (C=O) groups excluding carboxylic acids is 1. The molecule has 0 fully saturated rings. The summed E-state index contributed by atoms with van der Waals surface area (Å²) in [4.78, 5) is 23.2. The van der Waals surface area contributed by atoms with E-state index in [0.29, 0.717) is 5.56 Å². The number of aliphatic carboxylic acids is 1. The number of carboxylic acid groups (broad SMARTS) is 1. The Kier molecular flexibility index (Phi) is 5.20. The van der Waals surface area contributed by atoms with E-state index in [1.54, 1.807) is 13.8 Å². The number of carboxylic acids is 1. The molecule has 1 unspecified atom stereocenters. The van der Waals surface area contributed by atoms with Crippen LogP contribution in [0.5, 0.6) is 0 Å². The second-order valence-electron chi connectivity index (χ2n) is 5.61. The number of benzene rings is 1. The molecule has 2 aromatic rings. The molecule has 0 aliphatic heterocycles. The van der Waals surface area contributed by atoms with Gasteiger partial charge in [-0.25, -0.2) is 0 Å². The topological polar surface area (TPSA) is 79.5 Å². The predicted octanol–water partition coefficient (Wildman–Crippen LogP) is 3.72. The van der Waals surface area contributed by atoms with Crippen molar-refractivity contribution >= 4 is 11.9 Å². The molecule has 5 nitrogen and oxygen atoms in total. The van der Waals surface area contributed by atoms with Gasteiger partial charge in [0.05, 0.1) is 23.4 Å². The van der Waals surface area contributed by atoms with Crippen LogP contribution in [0.25, 0.3) is 0 Å². The van der Waals surface area contributed by atoms with E-state index in [4.69, 9.17) is 9.52 Å². The summed E-state index contributed by atoms with van der Waals surface area (Å²) < 4.78 is 43.5. The number of aryl methyl sites for hydroxylation is 1. The van der Waals surface area contributed by atoms with E-state index in [2.05, 4.69) is 5.32 Å².